The summed E-state index contributed by atoms with van der Waals surface area (Å²) in [5.41, 5.74) is 27.0. The van der Waals surface area contributed by atoms with Crippen molar-refractivity contribution in [1.29, 1.82) is 0 Å². The molecule has 12 atom stereocenters. The second kappa shape index (κ2) is 48.9. The lowest BCUT2D eigenvalue weighted by Gasteiger charge is -2.30. The van der Waals surface area contributed by atoms with Crippen LogP contribution < -0.4 is 103 Å². The van der Waals surface area contributed by atoms with Crippen molar-refractivity contribution in [1.82, 2.24) is 79.3 Å². The molecule has 48 heteroatoms. The molecular formula is C60H97N21O27. The molecule has 0 radical (unpaired) electrons. The van der Waals surface area contributed by atoms with Crippen LogP contribution in [0.2, 0.25) is 0 Å². The average Bonchev–Trinajstić information content (AvgIpc) is 1.33. The minimum atomic E-state index is -2.19. The lowest BCUT2D eigenvalue weighted by atomic mass is 10.1. The van der Waals surface area contributed by atoms with E-state index in [0.717, 1.165) is 18.7 Å². The summed E-state index contributed by atoms with van der Waals surface area (Å²) >= 11 is 0. The van der Waals surface area contributed by atoms with E-state index >= 15 is 0 Å². The molecule has 1 aliphatic heterocycles. The zero-order valence-corrected chi connectivity index (χ0v) is 59.2. The van der Waals surface area contributed by atoms with Crippen LogP contribution >= 0.6 is 0 Å². The van der Waals surface area contributed by atoms with Gasteiger partial charge in [-0.1, -0.05) is 0 Å². The van der Waals surface area contributed by atoms with Gasteiger partial charge >= 0.3 is 29.8 Å². The molecule has 1 rings (SSSR count). The van der Waals surface area contributed by atoms with E-state index < -0.39 is 281 Å². The number of aliphatic hydroxyl groups is 1. The van der Waals surface area contributed by atoms with Gasteiger partial charge in [0.15, 0.2) is 5.96 Å². The highest BCUT2D eigenvalue weighted by Crippen LogP contribution is 2.21. The van der Waals surface area contributed by atoms with Gasteiger partial charge in [-0.05, 0) is 91.5 Å². The Morgan fingerprint density at radius 2 is 0.824 bits per heavy atom. The van der Waals surface area contributed by atoms with Gasteiger partial charge in [-0.25, -0.2) is 0 Å². The number of unbranched alkanes of at least 4 members (excludes halogenated alkanes) is 1. The van der Waals surface area contributed by atoms with Gasteiger partial charge in [0.05, 0.1) is 45.1 Å². The molecule has 48 nitrogen and oxygen atoms in total. The molecule has 0 saturated carbocycles. The van der Waals surface area contributed by atoms with Crippen LogP contribution in [-0.4, -0.2) is 291 Å². The topological polar surface area (TPSA) is 794 Å². The van der Waals surface area contributed by atoms with E-state index in [1.54, 1.807) is 0 Å². The van der Waals surface area contributed by atoms with Gasteiger partial charge in [0.2, 0.25) is 94.5 Å². The van der Waals surface area contributed by atoms with Crippen LogP contribution in [0.4, 0.5) is 0 Å². The van der Waals surface area contributed by atoms with Gasteiger partial charge in [0.25, 0.3) is 0 Å². The molecule has 1 fully saturated rings. The van der Waals surface area contributed by atoms with Gasteiger partial charge in [0, 0.05) is 32.4 Å². The predicted molar refractivity (Wildman–Crippen MR) is 365 cm³/mol. The number of guanidine groups is 1. The molecule has 108 heavy (non-hydrogen) atoms. The molecule has 16 amide bonds. The quantitative estimate of drug-likeness (QED) is 0.0153. The highest BCUT2D eigenvalue weighted by molar-refractivity contribution is 6.01. The normalized spacial score (nSPS) is 15.2. The average molecular weight is 1540 g/mol. The van der Waals surface area contributed by atoms with Gasteiger partial charge in [0.1, 0.15) is 73.0 Å². The number of carbonyl (C=O) groups is 21. The van der Waals surface area contributed by atoms with Crippen LogP contribution in [0.1, 0.15) is 117 Å². The van der Waals surface area contributed by atoms with Gasteiger partial charge < -0.3 is 139 Å². The Morgan fingerprint density at radius 1 is 0.417 bits per heavy atom. The van der Waals surface area contributed by atoms with Crippen molar-refractivity contribution in [3.63, 3.8) is 0 Å². The zero-order valence-electron chi connectivity index (χ0n) is 59.2. The number of aliphatic hydroxyl groups excluding tert-OH is 1. The molecule has 0 aliphatic carbocycles. The van der Waals surface area contributed by atoms with E-state index in [0.29, 0.717) is 12.8 Å². The third-order valence-electron chi connectivity index (χ3n) is 15.4. The molecule has 604 valence electrons. The Hall–Kier alpha value is -12.0. The smallest absolute Gasteiger partial charge is 0.322 e. The lowest BCUT2D eigenvalue weighted by Crippen LogP contribution is -2.59. The first-order valence-corrected chi connectivity index (χ1v) is 33.5. The molecule has 0 unspecified atom stereocenters. The fraction of sp³-hybridized carbons (Fsp3) is 0.633. The predicted octanol–water partition coefficient (Wildman–Crippen LogP) is -13.1. The number of nitrogens with one attached hydrogen (secondary N) is 14. The zero-order chi connectivity index (χ0) is 82.1. The summed E-state index contributed by atoms with van der Waals surface area (Å²) in [7, 11) is 0. The molecule has 0 spiro atoms. The summed E-state index contributed by atoms with van der Waals surface area (Å²) < 4.78 is 0. The first-order valence-electron chi connectivity index (χ1n) is 33.5. The van der Waals surface area contributed by atoms with E-state index in [-0.39, 0.29) is 57.7 Å². The number of carboxylic acids is 5. The van der Waals surface area contributed by atoms with Crippen molar-refractivity contribution in [2.75, 3.05) is 52.4 Å². The lowest BCUT2D eigenvalue weighted by molar-refractivity contribution is -0.144. The van der Waals surface area contributed by atoms with Crippen LogP contribution in [0.3, 0.4) is 0 Å². The monoisotopic (exact) mass is 1540 g/mol. The summed E-state index contributed by atoms with van der Waals surface area (Å²) in [5, 5.41) is 87.8. The maximum atomic E-state index is 14.2. The first-order chi connectivity index (χ1) is 50.6. The largest absolute Gasteiger partial charge is 0.481 e. The fourth-order valence-corrected chi connectivity index (χ4v) is 9.68. The summed E-state index contributed by atoms with van der Waals surface area (Å²) in [6.07, 6.45) is -5.81. The van der Waals surface area contributed by atoms with E-state index in [4.69, 9.17) is 33.8 Å². The summed E-state index contributed by atoms with van der Waals surface area (Å²) in [5.74, 6) is -25.8. The number of primary amides is 1. The second-order valence-corrected chi connectivity index (χ2v) is 24.4. The van der Waals surface area contributed by atoms with Gasteiger partial charge in [-0.15, -0.1) is 0 Å². The van der Waals surface area contributed by atoms with Crippen molar-refractivity contribution >= 4 is 130 Å². The number of carbonyl (C=O) groups excluding carboxylic acids is 16. The molecule has 1 aliphatic rings. The number of likely N-dealkylation sites (tertiary alicyclic amines) is 1. The highest BCUT2D eigenvalue weighted by atomic mass is 16.4. The third kappa shape index (κ3) is 37.6. The summed E-state index contributed by atoms with van der Waals surface area (Å²) in [6.45, 7) is -1.10. The van der Waals surface area contributed by atoms with E-state index in [1.807, 2.05) is 5.32 Å². The van der Waals surface area contributed by atoms with E-state index in [1.165, 1.54) is 6.92 Å². The molecule has 0 bridgehead atoms. The Balaban J connectivity index is 3.20. The van der Waals surface area contributed by atoms with Gasteiger partial charge in [-0.2, -0.15) is 0 Å². The fourth-order valence-electron chi connectivity index (χ4n) is 9.68. The minimum Gasteiger partial charge on any atom is -0.481 e. The maximum Gasteiger partial charge on any atom is 0.322 e. The van der Waals surface area contributed by atoms with E-state index in [9.17, 15) is 126 Å². The Bertz CT molecular complexity index is 3300. The molecular weight excluding hydrogens is 1450 g/mol. The van der Waals surface area contributed by atoms with E-state index in [2.05, 4.69) is 74.1 Å². The third-order valence-corrected chi connectivity index (χ3v) is 15.4. The van der Waals surface area contributed by atoms with Crippen LogP contribution in [0.15, 0.2) is 4.99 Å². The van der Waals surface area contributed by atoms with Crippen molar-refractivity contribution in [2.45, 2.75) is 190 Å². The summed E-state index contributed by atoms with van der Waals surface area (Å²) in [4.78, 5) is 274. The second-order valence-electron chi connectivity index (χ2n) is 24.4. The number of hydrogen-bond acceptors (Lipinski definition) is 25. The van der Waals surface area contributed by atoms with Crippen LogP contribution in [-0.2, 0) is 101 Å². The van der Waals surface area contributed by atoms with Crippen LogP contribution in [0, 0.1) is 0 Å². The summed E-state index contributed by atoms with van der Waals surface area (Å²) in [6, 6.07) is -19.7. The maximum absolute atomic E-state index is 14.2. The molecule has 0 aromatic rings. The Labute approximate surface area is 614 Å². The molecule has 0 aromatic heterocycles. The minimum absolute atomic E-state index is 0.00242. The standard InChI is InChI=1S/C60H97N21O27/c1-27(62)48(97)75-31(9-6-18-66-60(64)65)54(103)78-35(20-45(91)92)56(105)71-28(2)49(98)76-32(11-14-39(63)83)52(101)68-22-40(84)67-23-41(85)74-33(12-15-43(87)88)55(104)79-36(21-46(93)94)57(106)77-34(13-16-44(89)90)59(108)81-19-7-10-38(81)58(107)72-29(3)50(99)80-37(26-82)53(102)69-24-42(86)73-30(8-4-5-17-61)51(100)70-25-47(95)96/h27-38,82H,4-26,61-62H2,1-3H3,(H2,63,83)(H,67,84)(H,68,101)(H,69,102)(H,70,100)(H,71,105)(H,72,107)(H,73,86)(H,74,85)(H,75,97)(H,76,98)(H,77,106)(H,78,103)(H,79,104)(H,80,99)(H,87,88)(H,89,90)(H,91,92)(H,93,94)(H,95,96)(H4,64,65,66)/t27-,28-,29-,30-,31-,32-,33-,34-,35-,36-,37-,38-/m0/s1. The SMILES string of the molecule is C[C@H](N)C(=O)N[C@@H](CCCN=C(N)N)C(=O)N[C@@H](CC(=O)O)C(=O)N[C@@H](C)C(=O)N[C@@H](CCC(N)=O)C(=O)NCC(=O)NCC(=O)N[C@@H](CCC(=O)O)C(=O)N[C@@H](CC(=O)O)C(=O)N[C@@H](CCC(=O)O)C(=O)N1CCC[C@H]1C(=O)N[C@@H](C)C(=O)N[C@@H](CO)C(=O)NCC(=O)N[C@@H](CCCCN)C(=O)NCC(=O)O. The number of aliphatic imine (C=N–C) groups is 1. The number of nitrogens with zero attached hydrogens (tertiary/aromatic N) is 2. The molecule has 1 saturated heterocycles. The number of hydrogen-bond donors (Lipinski definition) is 25. The molecule has 1 heterocycles. The number of amides is 16. The molecule has 0 aromatic carbocycles. The number of aliphatic carboxylic acids is 5. The Morgan fingerprint density at radius 3 is 1.31 bits per heavy atom. The van der Waals surface area contributed by atoms with Crippen molar-refractivity contribution in [3.8, 4) is 0 Å². The number of nitrogens with two attached hydrogens (primary N) is 5. The van der Waals surface area contributed by atoms with Crippen molar-refractivity contribution in [2.24, 2.45) is 33.7 Å². The number of rotatable bonds is 52. The molecule has 30 N–H and O–H groups in total. The van der Waals surface area contributed by atoms with Crippen molar-refractivity contribution < 1.29 is 131 Å². The van der Waals surface area contributed by atoms with Crippen LogP contribution in [0.25, 0.3) is 0 Å². The number of carboxylic acid groups (broad SMARTS) is 5. The van der Waals surface area contributed by atoms with Gasteiger partial charge in [-0.3, -0.25) is 106 Å². The Kier molecular flexibility index (Phi) is 42.6. The first kappa shape index (κ1) is 94.0. The van der Waals surface area contributed by atoms with Crippen LogP contribution in [0.5, 0.6) is 0 Å². The highest BCUT2D eigenvalue weighted by Gasteiger charge is 2.41. The van der Waals surface area contributed by atoms with Crippen molar-refractivity contribution in [3.05, 3.63) is 0 Å².